The first-order valence-corrected chi connectivity index (χ1v) is 9.89. The molecule has 174 valence electrons. The van der Waals surface area contributed by atoms with E-state index in [1.165, 1.54) is 17.0 Å². The standard InChI is InChI=1S/C19H23F2N5O6/c20-18(21)32-13-8-11(4-5-12(13)26-6-7-31-9-14(26)27)23-17(29)15(16(22)28)25-19(30)24-10-2-1-3-10/h4-5,8,10,15,18H,1-3,6-7,9H2,(H2,22,28)(H,23,29)(H2,24,25,30)/t15-/m1/s1. The number of nitrogens with one attached hydrogen (secondary N) is 3. The zero-order chi connectivity index (χ0) is 23.3. The molecule has 2 aliphatic rings. The Morgan fingerprint density at radius 1 is 1.25 bits per heavy atom. The molecule has 1 atom stereocenters. The summed E-state index contributed by atoms with van der Waals surface area (Å²) in [5.41, 5.74) is 5.29. The summed E-state index contributed by atoms with van der Waals surface area (Å²) in [6, 6.07) is 1.27. The van der Waals surface area contributed by atoms with Crippen LogP contribution in [-0.2, 0) is 19.1 Å². The average molecular weight is 455 g/mol. The van der Waals surface area contributed by atoms with Gasteiger partial charge in [0.15, 0.2) is 11.8 Å². The summed E-state index contributed by atoms with van der Waals surface area (Å²) in [4.78, 5) is 49.5. The van der Waals surface area contributed by atoms with Crippen molar-refractivity contribution in [1.82, 2.24) is 10.6 Å². The van der Waals surface area contributed by atoms with Gasteiger partial charge < -0.3 is 36.1 Å². The van der Waals surface area contributed by atoms with Crippen LogP contribution in [0.5, 0.6) is 5.75 Å². The number of amides is 5. The van der Waals surface area contributed by atoms with Gasteiger partial charge in [-0.25, -0.2) is 4.79 Å². The monoisotopic (exact) mass is 455 g/mol. The Kier molecular flexibility index (Phi) is 7.41. The number of nitrogens with zero attached hydrogens (tertiary/aromatic N) is 1. The quantitative estimate of drug-likeness (QED) is 0.414. The molecular formula is C19H23F2N5O6. The second kappa shape index (κ2) is 10.2. The minimum Gasteiger partial charge on any atom is -0.433 e. The van der Waals surface area contributed by atoms with Gasteiger partial charge in [-0.15, -0.1) is 0 Å². The number of carbonyl (C=O) groups excluding carboxylic acids is 4. The molecule has 0 aromatic heterocycles. The van der Waals surface area contributed by atoms with Crippen LogP contribution in [0.25, 0.3) is 0 Å². The van der Waals surface area contributed by atoms with E-state index in [0.717, 1.165) is 25.3 Å². The van der Waals surface area contributed by atoms with Crippen LogP contribution in [-0.4, -0.2) is 62.2 Å². The fraction of sp³-hybridized carbons (Fsp3) is 0.474. The molecule has 0 bridgehead atoms. The van der Waals surface area contributed by atoms with Crippen molar-refractivity contribution >= 4 is 35.1 Å². The molecule has 1 heterocycles. The van der Waals surface area contributed by atoms with Gasteiger partial charge in [0, 0.05) is 24.3 Å². The van der Waals surface area contributed by atoms with Crippen LogP contribution in [0, 0.1) is 0 Å². The normalized spacial score (nSPS) is 17.3. The van der Waals surface area contributed by atoms with Gasteiger partial charge in [0.2, 0.25) is 5.91 Å². The maximum Gasteiger partial charge on any atom is 0.387 e. The molecule has 0 unspecified atom stereocenters. The number of alkyl halides is 2. The van der Waals surface area contributed by atoms with E-state index in [4.69, 9.17) is 10.5 Å². The predicted octanol–water partition coefficient (Wildman–Crippen LogP) is 0.295. The van der Waals surface area contributed by atoms with Gasteiger partial charge in [0.05, 0.1) is 12.3 Å². The highest BCUT2D eigenvalue weighted by atomic mass is 19.3. The number of urea groups is 1. The molecule has 0 radical (unpaired) electrons. The van der Waals surface area contributed by atoms with Gasteiger partial charge in [-0.05, 0) is 31.4 Å². The summed E-state index contributed by atoms with van der Waals surface area (Å²) in [7, 11) is 0. The Balaban J connectivity index is 1.73. The molecule has 2 fully saturated rings. The lowest BCUT2D eigenvalue weighted by molar-refractivity contribution is -0.128. The molecule has 13 heteroatoms. The van der Waals surface area contributed by atoms with Gasteiger partial charge in [0.25, 0.3) is 11.8 Å². The zero-order valence-electron chi connectivity index (χ0n) is 16.9. The molecule has 1 aliphatic carbocycles. The third kappa shape index (κ3) is 5.81. The van der Waals surface area contributed by atoms with Gasteiger partial charge in [-0.3, -0.25) is 14.4 Å². The van der Waals surface area contributed by atoms with Crippen molar-refractivity contribution in [2.45, 2.75) is 38.0 Å². The zero-order valence-corrected chi connectivity index (χ0v) is 16.9. The van der Waals surface area contributed by atoms with E-state index >= 15 is 0 Å². The molecule has 1 aromatic rings. The minimum absolute atomic E-state index is 0.0115. The molecule has 32 heavy (non-hydrogen) atoms. The molecule has 0 spiro atoms. The largest absolute Gasteiger partial charge is 0.433 e. The number of anilines is 2. The van der Waals surface area contributed by atoms with Gasteiger partial charge in [-0.1, -0.05) is 0 Å². The van der Waals surface area contributed by atoms with Crippen LogP contribution >= 0.6 is 0 Å². The van der Waals surface area contributed by atoms with E-state index in [2.05, 4.69) is 20.7 Å². The van der Waals surface area contributed by atoms with E-state index in [0.29, 0.717) is 0 Å². The van der Waals surface area contributed by atoms with Crippen molar-refractivity contribution in [3.63, 3.8) is 0 Å². The molecule has 1 aliphatic heterocycles. The van der Waals surface area contributed by atoms with Crippen LogP contribution in [0.4, 0.5) is 25.0 Å². The lowest BCUT2D eigenvalue weighted by Crippen LogP contribution is -2.56. The van der Waals surface area contributed by atoms with Crippen LogP contribution in [0.3, 0.4) is 0 Å². The first kappa shape index (κ1) is 23.2. The topological polar surface area (TPSA) is 152 Å². The van der Waals surface area contributed by atoms with E-state index < -0.39 is 36.4 Å². The summed E-state index contributed by atoms with van der Waals surface area (Å²) in [5, 5.41) is 7.14. The van der Waals surface area contributed by atoms with Crippen molar-refractivity contribution in [2.24, 2.45) is 5.73 Å². The lowest BCUT2D eigenvalue weighted by Gasteiger charge is -2.28. The molecule has 11 nitrogen and oxygen atoms in total. The van der Waals surface area contributed by atoms with Crippen LogP contribution in [0.15, 0.2) is 18.2 Å². The number of hydrogen-bond donors (Lipinski definition) is 4. The second-order valence-electron chi connectivity index (χ2n) is 7.23. The summed E-state index contributed by atoms with van der Waals surface area (Å²) in [5.74, 6) is -2.88. The smallest absolute Gasteiger partial charge is 0.387 e. The van der Waals surface area contributed by atoms with E-state index in [-0.39, 0.29) is 42.9 Å². The summed E-state index contributed by atoms with van der Waals surface area (Å²) in [6.45, 7) is -3.05. The number of ether oxygens (including phenoxy) is 2. The van der Waals surface area contributed by atoms with Crippen molar-refractivity contribution < 1.29 is 37.4 Å². The van der Waals surface area contributed by atoms with Crippen molar-refractivity contribution in [3.8, 4) is 5.75 Å². The Morgan fingerprint density at radius 2 is 2.00 bits per heavy atom. The highest BCUT2D eigenvalue weighted by Crippen LogP contribution is 2.33. The fourth-order valence-electron chi connectivity index (χ4n) is 3.17. The molecule has 1 saturated carbocycles. The van der Waals surface area contributed by atoms with E-state index in [1.54, 1.807) is 0 Å². The molecular weight excluding hydrogens is 432 g/mol. The number of halogens is 2. The number of morpholine rings is 1. The van der Waals surface area contributed by atoms with Gasteiger partial charge in [-0.2, -0.15) is 8.78 Å². The Labute approximate surface area is 181 Å². The van der Waals surface area contributed by atoms with Crippen LogP contribution in [0.1, 0.15) is 19.3 Å². The predicted molar refractivity (Wildman–Crippen MR) is 107 cm³/mol. The van der Waals surface area contributed by atoms with E-state index in [1.807, 2.05) is 0 Å². The number of carbonyl (C=O) groups is 4. The number of primary amides is 1. The van der Waals surface area contributed by atoms with Crippen molar-refractivity contribution in [2.75, 3.05) is 30.0 Å². The van der Waals surface area contributed by atoms with Crippen molar-refractivity contribution in [1.29, 1.82) is 0 Å². The molecule has 1 saturated heterocycles. The minimum atomic E-state index is -3.19. The highest BCUT2D eigenvalue weighted by molar-refractivity contribution is 6.11. The van der Waals surface area contributed by atoms with Gasteiger partial charge in [0.1, 0.15) is 6.61 Å². The SMILES string of the molecule is NC(=O)[C@@H](NC(=O)NC1CCC1)C(=O)Nc1ccc(N2CCOCC2=O)c(OC(F)F)c1. The second-order valence-corrected chi connectivity index (χ2v) is 7.23. The maximum atomic E-state index is 12.9. The number of rotatable bonds is 8. The van der Waals surface area contributed by atoms with Crippen molar-refractivity contribution in [3.05, 3.63) is 18.2 Å². The lowest BCUT2D eigenvalue weighted by atomic mass is 9.93. The Bertz CT molecular complexity index is 895. The summed E-state index contributed by atoms with van der Waals surface area (Å²) in [6.07, 6.45) is 2.57. The number of nitrogens with two attached hydrogens (primary N) is 1. The summed E-state index contributed by atoms with van der Waals surface area (Å²) >= 11 is 0. The molecule has 3 rings (SSSR count). The first-order valence-electron chi connectivity index (χ1n) is 9.89. The van der Waals surface area contributed by atoms with Crippen LogP contribution < -0.4 is 31.3 Å². The fourth-order valence-corrected chi connectivity index (χ4v) is 3.17. The van der Waals surface area contributed by atoms with Crippen LogP contribution in [0.2, 0.25) is 0 Å². The van der Waals surface area contributed by atoms with E-state index in [9.17, 15) is 28.0 Å². The maximum absolute atomic E-state index is 12.9. The Morgan fingerprint density at radius 3 is 2.59 bits per heavy atom. The molecule has 5 amide bonds. The molecule has 1 aromatic carbocycles. The first-order chi connectivity index (χ1) is 15.2. The highest BCUT2D eigenvalue weighted by Gasteiger charge is 2.29. The number of benzene rings is 1. The average Bonchev–Trinajstić information content (AvgIpc) is 2.69. The third-order valence-electron chi connectivity index (χ3n) is 4.98. The third-order valence-corrected chi connectivity index (χ3v) is 4.98. The molecule has 5 N–H and O–H groups in total. The van der Waals surface area contributed by atoms with Gasteiger partial charge >= 0.3 is 12.6 Å². The Hall–Kier alpha value is -3.48. The summed E-state index contributed by atoms with van der Waals surface area (Å²) < 4.78 is 35.4. The number of hydrogen-bond acceptors (Lipinski definition) is 6.